The molecule has 23 heavy (non-hydrogen) atoms. The van der Waals surface area contributed by atoms with Crippen molar-refractivity contribution in [3.63, 3.8) is 0 Å². The Labute approximate surface area is 140 Å². The minimum absolute atomic E-state index is 0.00483. The van der Waals surface area contributed by atoms with Gasteiger partial charge in [-0.3, -0.25) is 0 Å². The van der Waals surface area contributed by atoms with Crippen molar-refractivity contribution >= 4 is 29.0 Å². The number of halogens is 5. The maximum Gasteiger partial charge on any atom is 0.415 e. The lowest BCUT2D eigenvalue weighted by Crippen LogP contribution is -2.42. The van der Waals surface area contributed by atoms with Gasteiger partial charge in [-0.2, -0.15) is 18.2 Å². The van der Waals surface area contributed by atoms with Crippen LogP contribution in [0.2, 0.25) is 5.28 Å². The zero-order chi connectivity index (χ0) is 17.4. The van der Waals surface area contributed by atoms with Crippen molar-refractivity contribution in [3.8, 4) is 5.75 Å². The lowest BCUT2D eigenvalue weighted by molar-refractivity contribution is -0.0878. The van der Waals surface area contributed by atoms with E-state index in [1.165, 1.54) is 6.20 Å². The molecule has 0 radical (unpaired) electrons. The zero-order valence-electron chi connectivity index (χ0n) is 12.0. The summed E-state index contributed by atoms with van der Waals surface area (Å²) in [5.74, 6) is 0.727. The number of nitrogens with zero attached hydrogens (tertiary/aromatic N) is 3. The van der Waals surface area contributed by atoms with Gasteiger partial charge in [-0.1, -0.05) is 24.8 Å². The minimum Gasteiger partial charge on any atom is -0.486 e. The van der Waals surface area contributed by atoms with Crippen molar-refractivity contribution in [1.29, 1.82) is 0 Å². The van der Waals surface area contributed by atoms with Gasteiger partial charge in [-0.15, -0.1) is 0 Å². The summed E-state index contributed by atoms with van der Waals surface area (Å²) in [6.45, 7) is 6.59. The van der Waals surface area contributed by atoms with Crippen LogP contribution in [0.4, 0.5) is 19.0 Å². The standard InChI is InChI=1S/C14H12Cl2F3N3O/c1-7(14(17,18)19)4-9(8(2)15)10-6-23-11-5-20-13(16)21-12(11)22(10)3/h4-5,10H,1-2,6H2,3H3/b9-4+. The summed E-state index contributed by atoms with van der Waals surface area (Å²) in [5, 5.41) is -0.0470. The smallest absolute Gasteiger partial charge is 0.415 e. The summed E-state index contributed by atoms with van der Waals surface area (Å²) < 4.78 is 43.7. The first-order chi connectivity index (χ1) is 10.6. The van der Waals surface area contributed by atoms with Gasteiger partial charge in [-0.25, -0.2) is 4.98 Å². The fraction of sp³-hybridized carbons (Fsp3) is 0.286. The van der Waals surface area contributed by atoms with Crippen molar-refractivity contribution in [3.05, 3.63) is 46.9 Å². The summed E-state index contributed by atoms with van der Waals surface area (Å²) in [5.41, 5.74) is -0.897. The van der Waals surface area contributed by atoms with Crippen LogP contribution in [0.3, 0.4) is 0 Å². The first kappa shape index (κ1) is 17.6. The van der Waals surface area contributed by atoms with Crippen LogP contribution in [0.25, 0.3) is 0 Å². The third-order valence-corrected chi connectivity index (χ3v) is 3.67. The topological polar surface area (TPSA) is 38.3 Å². The van der Waals surface area contributed by atoms with E-state index in [4.69, 9.17) is 27.9 Å². The van der Waals surface area contributed by atoms with Gasteiger partial charge in [0.15, 0.2) is 11.6 Å². The molecule has 1 atom stereocenters. The Morgan fingerprint density at radius 3 is 2.70 bits per heavy atom. The van der Waals surface area contributed by atoms with Crippen molar-refractivity contribution in [2.75, 3.05) is 18.6 Å². The quantitative estimate of drug-likeness (QED) is 0.596. The number of anilines is 1. The molecule has 0 spiro atoms. The molecule has 2 heterocycles. The molecule has 0 amide bonds. The van der Waals surface area contributed by atoms with E-state index in [9.17, 15) is 13.2 Å². The first-order valence-electron chi connectivity index (χ1n) is 6.32. The van der Waals surface area contributed by atoms with Crippen LogP contribution >= 0.6 is 23.2 Å². The monoisotopic (exact) mass is 365 g/mol. The number of aromatic nitrogens is 2. The molecule has 0 fully saturated rings. The predicted molar refractivity (Wildman–Crippen MR) is 83.0 cm³/mol. The largest absolute Gasteiger partial charge is 0.486 e. The van der Waals surface area contributed by atoms with E-state index in [0.717, 1.165) is 6.08 Å². The van der Waals surface area contributed by atoms with E-state index in [-0.39, 0.29) is 22.5 Å². The molecule has 0 N–H and O–H groups in total. The van der Waals surface area contributed by atoms with Crippen molar-refractivity contribution in [2.45, 2.75) is 12.2 Å². The maximum atomic E-state index is 12.7. The fourth-order valence-electron chi connectivity index (χ4n) is 2.05. The fourth-order valence-corrected chi connectivity index (χ4v) is 2.36. The van der Waals surface area contributed by atoms with Crippen LogP contribution in [0.15, 0.2) is 41.6 Å². The van der Waals surface area contributed by atoms with E-state index in [0.29, 0.717) is 11.6 Å². The van der Waals surface area contributed by atoms with E-state index in [2.05, 4.69) is 23.1 Å². The highest BCUT2D eigenvalue weighted by atomic mass is 35.5. The molecule has 1 aliphatic rings. The van der Waals surface area contributed by atoms with Crippen molar-refractivity contribution in [1.82, 2.24) is 9.97 Å². The minimum atomic E-state index is -4.56. The number of likely N-dealkylation sites (N-methyl/N-ethyl adjacent to an activating group) is 1. The summed E-state index contributed by atoms with van der Waals surface area (Å²) in [4.78, 5) is 9.43. The first-order valence-corrected chi connectivity index (χ1v) is 7.07. The highest BCUT2D eigenvalue weighted by Gasteiger charge is 2.34. The second kappa shape index (κ2) is 6.41. The summed E-state index contributed by atoms with van der Waals surface area (Å²) in [6.07, 6.45) is -2.31. The number of ether oxygens (including phenoxy) is 1. The summed E-state index contributed by atoms with van der Waals surface area (Å²) >= 11 is 11.6. The highest BCUT2D eigenvalue weighted by Crippen LogP contribution is 2.36. The maximum absolute atomic E-state index is 12.7. The van der Waals surface area contributed by atoms with Crippen LogP contribution in [-0.4, -0.2) is 35.8 Å². The normalized spacial score (nSPS) is 18.3. The molecular formula is C14H12Cl2F3N3O. The van der Waals surface area contributed by atoms with E-state index >= 15 is 0 Å². The van der Waals surface area contributed by atoms with Gasteiger partial charge in [0.05, 0.1) is 12.2 Å². The molecule has 2 rings (SSSR count). The molecule has 0 aliphatic carbocycles. The molecule has 1 aliphatic heterocycles. The van der Waals surface area contributed by atoms with Crippen molar-refractivity contribution in [2.24, 2.45) is 0 Å². The lowest BCUT2D eigenvalue weighted by atomic mass is 10.0. The molecule has 124 valence electrons. The zero-order valence-corrected chi connectivity index (χ0v) is 13.5. The molecule has 1 aromatic rings. The average Bonchev–Trinajstić information content (AvgIpc) is 2.45. The average molecular weight is 366 g/mol. The van der Waals surface area contributed by atoms with Crippen LogP contribution in [0.1, 0.15) is 0 Å². The molecule has 9 heteroatoms. The van der Waals surface area contributed by atoms with Gasteiger partial charge in [0.1, 0.15) is 6.61 Å². The Morgan fingerprint density at radius 2 is 2.13 bits per heavy atom. The van der Waals surface area contributed by atoms with Gasteiger partial charge in [-0.05, 0) is 23.3 Å². The Hall–Kier alpha value is -1.73. The van der Waals surface area contributed by atoms with Gasteiger partial charge in [0, 0.05) is 17.7 Å². The molecular weight excluding hydrogens is 354 g/mol. The molecule has 0 bridgehead atoms. The lowest BCUT2D eigenvalue weighted by Gasteiger charge is -2.36. The molecule has 4 nitrogen and oxygen atoms in total. The second-order valence-corrected chi connectivity index (χ2v) is 5.59. The Morgan fingerprint density at radius 1 is 1.48 bits per heavy atom. The summed E-state index contributed by atoms with van der Waals surface area (Å²) in [6, 6.07) is -0.627. The van der Waals surface area contributed by atoms with E-state index in [1.807, 2.05) is 0 Å². The molecule has 1 unspecified atom stereocenters. The van der Waals surface area contributed by atoms with Gasteiger partial charge in [0.25, 0.3) is 0 Å². The predicted octanol–water partition coefficient (Wildman–Crippen LogP) is 4.12. The number of fused-ring (bicyclic) bond motifs is 1. The van der Waals surface area contributed by atoms with Gasteiger partial charge in [0.2, 0.25) is 5.28 Å². The van der Waals surface area contributed by atoms with Crippen LogP contribution in [-0.2, 0) is 0 Å². The van der Waals surface area contributed by atoms with Crippen molar-refractivity contribution < 1.29 is 17.9 Å². The Balaban J connectivity index is 2.41. The Bertz CT molecular complexity index is 688. The van der Waals surface area contributed by atoms with Gasteiger partial charge < -0.3 is 9.64 Å². The third kappa shape index (κ3) is 3.79. The molecule has 0 aromatic carbocycles. The summed E-state index contributed by atoms with van der Waals surface area (Å²) in [7, 11) is 1.64. The third-order valence-electron chi connectivity index (χ3n) is 3.27. The van der Waals surface area contributed by atoms with E-state index < -0.39 is 17.8 Å². The number of alkyl halides is 3. The second-order valence-electron chi connectivity index (χ2n) is 4.79. The number of rotatable bonds is 3. The Kier molecular flexibility index (Phi) is 4.91. The van der Waals surface area contributed by atoms with Crippen LogP contribution < -0.4 is 9.64 Å². The molecule has 0 saturated carbocycles. The molecule has 1 aromatic heterocycles. The number of allylic oxidation sites excluding steroid dienone is 2. The highest BCUT2D eigenvalue weighted by molar-refractivity contribution is 6.31. The SMILES string of the molecule is C=C(Cl)/C(=C\C(=C)C(F)(F)F)C1COc2cnc(Cl)nc2N1C. The number of hydrogen-bond acceptors (Lipinski definition) is 4. The van der Waals surface area contributed by atoms with Crippen LogP contribution in [0.5, 0.6) is 5.75 Å². The number of hydrogen-bond donors (Lipinski definition) is 0. The van der Waals surface area contributed by atoms with Crippen LogP contribution in [0, 0.1) is 0 Å². The molecule has 0 saturated heterocycles. The van der Waals surface area contributed by atoms with Gasteiger partial charge >= 0.3 is 6.18 Å². The van der Waals surface area contributed by atoms with E-state index in [1.54, 1.807) is 11.9 Å².